The van der Waals surface area contributed by atoms with Crippen LogP contribution < -0.4 is 5.73 Å². The zero-order valence-corrected chi connectivity index (χ0v) is 11.2. The number of hydrogen-bond donors (Lipinski definition) is 1. The predicted octanol–water partition coefficient (Wildman–Crippen LogP) is 3.77. The molecule has 0 atom stereocenters. The first-order valence-electron chi connectivity index (χ1n) is 6.13. The summed E-state index contributed by atoms with van der Waals surface area (Å²) in [6.45, 7) is 5.14. The topological polar surface area (TPSA) is 30.9 Å². The van der Waals surface area contributed by atoms with Crippen LogP contribution in [0.2, 0.25) is 5.02 Å². The Kier molecular flexibility index (Phi) is 3.75. The number of halogens is 1. The summed E-state index contributed by atoms with van der Waals surface area (Å²) < 4.78 is 2.36. The summed E-state index contributed by atoms with van der Waals surface area (Å²) in [5.41, 5.74) is 8.16. The molecule has 2 aromatic rings. The Hall–Kier alpha value is -0.990. The van der Waals surface area contributed by atoms with Crippen molar-refractivity contribution in [2.75, 3.05) is 6.54 Å². The zero-order chi connectivity index (χ0) is 12.4. The molecule has 0 aliphatic carbocycles. The van der Waals surface area contributed by atoms with Crippen LogP contribution in [0.3, 0.4) is 0 Å². The average molecular weight is 251 g/mol. The Morgan fingerprint density at radius 2 is 2.06 bits per heavy atom. The van der Waals surface area contributed by atoms with Crippen molar-refractivity contribution in [1.82, 2.24) is 4.57 Å². The second-order valence-corrected chi connectivity index (χ2v) is 5.13. The molecule has 1 aromatic carbocycles. The summed E-state index contributed by atoms with van der Waals surface area (Å²) in [6, 6.07) is 8.77. The summed E-state index contributed by atoms with van der Waals surface area (Å²) in [5.74, 6) is 0. The smallest absolute Gasteiger partial charge is 0.0499 e. The number of hydrogen-bond acceptors (Lipinski definition) is 1. The van der Waals surface area contributed by atoms with Crippen LogP contribution in [0.4, 0.5) is 0 Å². The fraction of sp³-hybridized carbons (Fsp3) is 0.429. The standard InChI is InChI=1S/C14H19ClN2/c1-10(2)17-13(4-3-7-16)8-11-5-6-12(15)9-14(11)17/h5-6,8-10H,3-4,7,16H2,1-2H3. The van der Waals surface area contributed by atoms with E-state index in [2.05, 4.69) is 30.5 Å². The van der Waals surface area contributed by atoms with Gasteiger partial charge in [0.2, 0.25) is 0 Å². The van der Waals surface area contributed by atoms with Crippen molar-refractivity contribution in [3.8, 4) is 0 Å². The van der Waals surface area contributed by atoms with Gasteiger partial charge in [0.15, 0.2) is 0 Å². The van der Waals surface area contributed by atoms with Gasteiger partial charge in [0.05, 0.1) is 0 Å². The van der Waals surface area contributed by atoms with Gasteiger partial charge in [0.1, 0.15) is 0 Å². The van der Waals surface area contributed by atoms with Crippen LogP contribution in [0.25, 0.3) is 10.9 Å². The molecule has 2 N–H and O–H groups in total. The van der Waals surface area contributed by atoms with Crippen molar-refractivity contribution >= 4 is 22.5 Å². The fourth-order valence-corrected chi connectivity index (χ4v) is 2.50. The van der Waals surface area contributed by atoms with E-state index in [1.54, 1.807) is 0 Å². The monoisotopic (exact) mass is 250 g/mol. The highest BCUT2D eigenvalue weighted by Crippen LogP contribution is 2.27. The molecule has 0 unspecified atom stereocenters. The molecule has 1 heterocycles. The van der Waals surface area contributed by atoms with E-state index in [1.807, 2.05) is 12.1 Å². The molecule has 92 valence electrons. The molecule has 0 bridgehead atoms. The number of aryl methyl sites for hydroxylation is 1. The third-order valence-electron chi connectivity index (χ3n) is 3.04. The SMILES string of the molecule is CC(C)n1c(CCCN)cc2ccc(Cl)cc21. The number of fused-ring (bicyclic) bond motifs is 1. The van der Waals surface area contributed by atoms with Gasteiger partial charge in [-0.1, -0.05) is 17.7 Å². The summed E-state index contributed by atoms with van der Waals surface area (Å²) in [5, 5.41) is 2.05. The normalized spacial score (nSPS) is 11.6. The highest BCUT2D eigenvalue weighted by atomic mass is 35.5. The Balaban J connectivity index is 2.54. The van der Waals surface area contributed by atoms with Crippen LogP contribution in [0, 0.1) is 0 Å². The summed E-state index contributed by atoms with van der Waals surface area (Å²) in [4.78, 5) is 0. The number of rotatable bonds is 4. The molecule has 2 rings (SSSR count). The summed E-state index contributed by atoms with van der Waals surface area (Å²) in [6.07, 6.45) is 2.05. The molecule has 1 aromatic heterocycles. The molecule has 0 saturated carbocycles. The predicted molar refractivity (Wildman–Crippen MR) is 74.7 cm³/mol. The van der Waals surface area contributed by atoms with Gasteiger partial charge < -0.3 is 10.3 Å². The molecule has 0 aliphatic rings. The van der Waals surface area contributed by atoms with Crippen molar-refractivity contribution in [2.45, 2.75) is 32.7 Å². The number of aromatic nitrogens is 1. The van der Waals surface area contributed by atoms with E-state index in [-0.39, 0.29) is 0 Å². The molecule has 3 heteroatoms. The van der Waals surface area contributed by atoms with Gasteiger partial charge in [0.25, 0.3) is 0 Å². The Labute approximate surface area is 107 Å². The minimum Gasteiger partial charge on any atom is -0.342 e. The van der Waals surface area contributed by atoms with Gasteiger partial charge in [-0.05, 0) is 56.8 Å². The first kappa shape index (κ1) is 12.5. The van der Waals surface area contributed by atoms with Crippen molar-refractivity contribution in [3.05, 3.63) is 35.0 Å². The van der Waals surface area contributed by atoms with E-state index in [1.165, 1.54) is 16.6 Å². The highest BCUT2D eigenvalue weighted by Gasteiger charge is 2.11. The molecule has 0 saturated heterocycles. The second-order valence-electron chi connectivity index (χ2n) is 4.69. The molecule has 0 fully saturated rings. The third-order valence-corrected chi connectivity index (χ3v) is 3.27. The lowest BCUT2D eigenvalue weighted by atomic mass is 10.2. The molecule has 0 spiro atoms. The summed E-state index contributed by atoms with van der Waals surface area (Å²) in [7, 11) is 0. The zero-order valence-electron chi connectivity index (χ0n) is 10.4. The van der Waals surface area contributed by atoms with Crippen LogP contribution in [0.15, 0.2) is 24.3 Å². The number of nitrogens with two attached hydrogens (primary N) is 1. The lowest BCUT2D eigenvalue weighted by Crippen LogP contribution is -2.08. The van der Waals surface area contributed by atoms with E-state index in [0.717, 1.165) is 24.4 Å². The lowest BCUT2D eigenvalue weighted by molar-refractivity contribution is 0.587. The van der Waals surface area contributed by atoms with E-state index in [9.17, 15) is 0 Å². The lowest BCUT2D eigenvalue weighted by Gasteiger charge is -2.14. The highest BCUT2D eigenvalue weighted by molar-refractivity contribution is 6.31. The minimum absolute atomic E-state index is 0.443. The molecular weight excluding hydrogens is 232 g/mol. The average Bonchev–Trinajstić information content (AvgIpc) is 2.63. The number of benzene rings is 1. The van der Waals surface area contributed by atoms with Crippen molar-refractivity contribution in [2.24, 2.45) is 5.73 Å². The molecule has 0 aliphatic heterocycles. The van der Waals surface area contributed by atoms with E-state index in [4.69, 9.17) is 17.3 Å². The van der Waals surface area contributed by atoms with E-state index >= 15 is 0 Å². The maximum atomic E-state index is 6.08. The van der Waals surface area contributed by atoms with E-state index < -0.39 is 0 Å². The van der Waals surface area contributed by atoms with Crippen LogP contribution in [0.1, 0.15) is 32.0 Å². The van der Waals surface area contributed by atoms with Gasteiger partial charge in [-0.15, -0.1) is 0 Å². The first-order valence-corrected chi connectivity index (χ1v) is 6.50. The Bertz CT molecular complexity index is 514. The van der Waals surface area contributed by atoms with Gasteiger partial charge in [-0.3, -0.25) is 0 Å². The van der Waals surface area contributed by atoms with Crippen LogP contribution in [0.5, 0.6) is 0 Å². The number of nitrogens with zero attached hydrogens (tertiary/aromatic N) is 1. The van der Waals surface area contributed by atoms with Crippen molar-refractivity contribution in [3.63, 3.8) is 0 Å². The molecule has 2 nitrogen and oxygen atoms in total. The maximum Gasteiger partial charge on any atom is 0.0499 e. The van der Waals surface area contributed by atoms with Gasteiger partial charge >= 0.3 is 0 Å². The van der Waals surface area contributed by atoms with Crippen LogP contribution in [-0.2, 0) is 6.42 Å². The Morgan fingerprint density at radius 1 is 1.29 bits per heavy atom. The maximum absolute atomic E-state index is 6.08. The largest absolute Gasteiger partial charge is 0.342 e. The minimum atomic E-state index is 0.443. The second kappa shape index (κ2) is 5.11. The first-order chi connectivity index (χ1) is 8.13. The van der Waals surface area contributed by atoms with E-state index in [0.29, 0.717) is 6.04 Å². The Morgan fingerprint density at radius 3 is 2.71 bits per heavy atom. The molecular formula is C14H19ClN2. The van der Waals surface area contributed by atoms with Gasteiger partial charge in [0, 0.05) is 22.3 Å². The summed E-state index contributed by atoms with van der Waals surface area (Å²) >= 11 is 6.08. The fourth-order valence-electron chi connectivity index (χ4n) is 2.34. The molecule has 0 radical (unpaired) electrons. The molecule has 17 heavy (non-hydrogen) atoms. The van der Waals surface area contributed by atoms with Crippen molar-refractivity contribution in [1.29, 1.82) is 0 Å². The van der Waals surface area contributed by atoms with Crippen LogP contribution >= 0.6 is 11.6 Å². The third kappa shape index (κ3) is 2.48. The van der Waals surface area contributed by atoms with Gasteiger partial charge in [-0.2, -0.15) is 0 Å². The quantitative estimate of drug-likeness (QED) is 0.880. The van der Waals surface area contributed by atoms with Crippen LogP contribution in [-0.4, -0.2) is 11.1 Å². The molecule has 0 amide bonds. The van der Waals surface area contributed by atoms with Crippen molar-refractivity contribution < 1.29 is 0 Å². The van der Waals surface area contributed by atoms with Gasteiger partial charge in [-0.25, -0.2) is 0 Å².